The maximum Gasteiger partial charge on any atom is 0.207 e. The number of piperidine rings is 3. The van der Waals surface area contributed by atoms with E-state index in [9.17, 15) is 30.0 Å². The van der Waals surface area contributed by atoms with Gasteiger partial charge in [0.15, 0.2) is 64.4 Å². The van der Waals surface area contributed by atoms with E-state index in [0.29, 0.717) is 75.4 Å². The predicted octanol–water partition coefficient (Wildman–Crippen LogP) is 1.99. The number of likely N-dealkylation sites (tertiary alicyclic amines) is 3. The Kier molecular flexibility index (Phi) is 11.3. The van der Waals surface area contributed by atoms with Crippen LogP contribution in [0.4, 0.5) is 0 Å². The van der Waals surface area contributed by atoms with Crippen LogP contribution in [-0.4, -0.2) is 197 Å². The summed E-state index contributed by atoms with van der Waals surface area (Å²) in [6.45, 7) is 3.54. The van der Waals surface area contributed by atoms with Gasteiger partial charge < -0.3 is 78.5 Å². The lowest BCUT2D eigenvalue weighted by molar-refractivity contribution is -0.295. The Morgan fingerprint density at radius 3 is 1.44 bits per heavy atom. The minimum Gasteiger partial charge on any atom is -0.504 e. The van der Waals surface area contributed by atoms with Crippen LogP contribution in [0.25, 0.3) is 0 Å². The second-order valence-corrected chi connectivity index (χ2v) is 23.6. The molecule has 18 heteroatoms. The van der Waals surface area contributed by atoms with Gasteiger partial charge in [-0.25, -0.2) is 0 Å². The average molecular weight is 1040 g/mol. The van der Waals surface area contributed by atoms with Crippen LogP contribution in [0.2, 0.25) is 0 Å². The summed E-state index contributed by atoms with van der Waals surface area (Å²) in [4.78, 5) is 32.0. The first-order valence-corrected chi connectivity index (χ1v) is 27.1. The summed E-state index contributed by atoms with van der Waals surface area (Å²) < 4.78 is 42.1. The molecule has 0 amide bonds. The molecule has 7 heterocycles. The molecule has 404 valence electrons. The van der Waals surface area contributed by atoms with Crippen LogP contribution in [0.1, 0.15) is 91.2 Å². The fourth-order valence-corrected chi connectivity index (χ4v) is 17.8. The van der Waals surface area contributed by atoms with E-state index in [4.69, 9.17) is 43.4 Å². The number of Topliss-reactive ketones (excluding diaryl/α,β-unsaturated/α-hetero) is 2. The molecule has 0 aromatic heterocycles. The molecular formula is C57H71N3O15. The van der Waals surface area contributed by atoms with E-state index < -0.39 is 51.0 Å². The van der Waals surface area contributed by atoms with E-state index in [-0.39, 0.29) is 54.8 Å². The third kappa shape index (κ3) is 6.04. The molecule has 7 fully saturated rings. The SMILES string of the molecule is CN1CC[C@]23c4c5ccc(O)c4OC2C(=O)CCC3(O)C1C5.COc1ccc2c3c1OC1C(=O)CCC4(O)C(C2)N(C)CC[C@]314.COc1ccc2c3c1OC1C4(CCC5(O)C(C2)N(C)CC[C@]315)OCCO4.OCCO. The van der Waals surface area contributed by atoms with Crippen LogP contribution in [0, 0.1) is 0 Å². The zero-order valence-corrected chi connectivity index (χ0v) is 43.6. The van der Waals surface area contributed by atoms with Gasteiger partial charge in [-0.3, -0.25) is 9.59 Å². The number of fused-ring (bicyclic) bond motifs is 1. The molecule has 4 spiro atoms. The van der Waals surface area contributed by atoms with E-state index in [1.54, 1.807) is 20.3 Å². The Bertz CT molecular complexity index is 2880. The summed E-state index contributed by atoms with van der Waals surface area (Å²) in [6, 6.07) is 11.8. The molecule has 13 aliphatic rings. The van der Waals surface area contributed by atoms with Gasteiger partial charge >= 0.3 is 0 Å². The Morgan fingerprint density at radius 2 is 0.960 bits per heavy atom. The smallest absolute Gasteiger partial charge is 0.207 e. The number of rotatable bonds is 3. The van der Waals surface area contributed by atoms with Gasteiger partial charge in [-0.05, 0) is 133 Å². The summed E-state index contributed by atoms with van der Waals surface area (Å²) in [5, 5.41) is 61.0. The summed E-state index contributed by atoms with van der Waals surface area (Å²) in [5.41, 5.74) is 2.18. The summed E-state index contributed by atoms with van der Waals surface area (Å²) in [5.74, 6) is 2.80. The molecule has 9 unspecified atom stereocenters. The maximum absolute atomic E-state index is 12.7. The van der Waals surface area contributed by atoms with Gasteiger partial charge in [0, 0.05) is 54.1 Å². The van der Waals surface area contributed by atoms with Crippen molar-refractivity contribution in [1.82, 2.24) is 14.7 Å². The van der Waals surface area contributed by atoms with Crippen LogP contribution >= 0.6 is 0 Å². The Labute approximate surface area is 436 Å². The summed E-state index contributed by atoms with van der Waals surface area (Å²) in [7, 11) is 9.54. The van der Waals surface area contributed by atoms with E-state index in [2.05, 4.69) is 40.9 Å². The summed E-state index contributed by atoms with van der Waals surface area (Å²) in [6.07, 6.45) is 6.16. The van der Waals surface area contributed by atoms with Crippen LogP contribution in [0.3, 0.4) is 0 Å². The highest BCUT2D eigenvalue weighted by molar-refractivity contribution is 5.91. The third-order valence-corrected chi connectivity index (χ3v) is 21.1. The van der Waals surface area contributed by atoms with Crippen molar-refractivity contribution in [3.05, 3.63) is 69.8 Å². The van der Waals surface area contributed by atoms with Crippen molar-refractivity contribution >= 4 is 11.6 Å². The quantitative estimate of drug-likeness (QED) is 0.220. The van der Waals surface area contributed by atoms with Gasteiger partial charge in [0.2, 0.25) is 5.79 Å². The average Bonchev–Trinajstić information content (AvgIpc) is 4.30. The molecule has 3 saturated carbocycles. The summed E-state index contributed by atoms with van der Waals surface area (Å²) >= 11 is 0. The lowest BCUT2D eigenvalue weighted by Crippen LogP contribution is -2.79. The monoisotopic (exact) mass is 1040 g/mol. The van der Waals surface area contributed by atoms with E-state index in [1.165, 1.54) is 11.1 Å². The maximum atomic E-state index is 12.7. The largest absolute Gasteiger partial charge is 0.504 e. The molecule has 7 aliphatic heterocycles. The number of aliphatic hydroxyl groups excluding tert-OH is 2. The Morgan fingerprint density at radius 1 is 0.547 bits per heavy atom. The molecule has 3 aromatic rings. The van der Waals surface area contributed by atoms with Crippen molar-refractivity contribution in [2.24, 2.45) is 0 Å². The molecule has 12 atom stereocenters. The van der Waals surface area contributed by atoms with Crippen molar-refractivity contribution in [2.45, 2.75) is 152 Å². The number of ether oxygens (including phenoxy) is 7. The molecule has 16 rings (SSSR count). The first-order valence-electron chi connectivity index (χ1n) is 27.1. The number of benzene rings is 3. The number of ketones is 2. The zero-order chi connectivity index (χ0) is 52.4. The molecule has 6 bridgehead atoms. The third-order valence-electron chi connectivity index (χ3n) is 21.1. The second-order valence-electron chi connectivity index (χ2n) is 23.6. The van der Waals surface area contributed by atoms with Gasteiger partial charge in [0.1, 0.15) is 0 Å². The van der Waals surface area contributed by atoms with E-state index in [0.717, 1.165) is 85.5 Å². The van der Waals surface area contributed by atoms with Gasteiger partial charge in [-0.1, -0.05) is 18.2 Å². The molecule has 75 heavy (non-hydrogen) atoms. The number of aromatic hydroxyl groups is 1. The lowest BCUT2D eigenvalue weighted by atomic mass is 9.48. The molecule has 18 nitrogen and oxygen atoms in total. The molecule has 6 N–H and O–H groups in total. The number of phenols is 1. The number of likely N-dealkylation sites (N-methyl/N-ethyl adjacent to an activating group) is 3. The fourth-order valence-electron chi connectivity index (χ4n) is 17.8. The highest BCUT2D eigenvalue weighted by Gasteiger charge is 2.78. The van der Waals surface area contributed by atoms with E-state index >= 15 is 0 Å². The minimum atomic E-state index is -0.954. The highest BCUT2D eigenvalue weighted by Crippen LogP contribution is 2.69. The number of hydrogen-bond donors (Lipinski definition) is 6. The first-order chi connectivity index (χ1) is 36.0. The van der Waals surface area contributed by atoms with Crippen LogP contribution in [-0.2, 0) is 54.6 Å². The number of nitrogens with zero attached hydrogens (tertiary/aromatic N) is 3. The van der Waals surface area contributed by atoms with Crippen LogP contribution in [0.15, 0.2) is 36.4 Å². The number of carbonyl (C=O) groups excluding carboxylic acids is 2. The predicted molar refractivity (Wildman–Crippen MR) is 268 cm³/mol. The lowest BCUT2D eigenvalue weighted by Gasteiger charge is -2.64. The van der Waals surface area contributed by atoms with Crippen LogP contribution < -0.4 is 23.7 Å². The number of hydrogen-bond acceptors (Lipinski definition) is 18. The van der Waals surface area contributed by atoms with Crippen molar-refractivity contribution in [1.29, 1.82) is 0 Å². The first kappa shape index (κ1) is 49.9. The zero-order valence-electron chi connectivity index (χ0n) is 43.6. The molecular weight excluding hydrogens is 967 g/mol. The number of aliphatic hydroxyl groups is 5. The molecule has 0 radical (unpaired) electrons. The number of carbonyl (C=O) groups is 2. The van der Waals surface area contributed by atoms with E-state index in [1.807, 2.05) is 25.2 Å². The number of methoxy groups -OCH3 is 2. The number of phenolic OH excluding ortho intramolecular Hbond substituents is 1. The van der Waals surface area contributed by atoms with Crippen LogP contribution in [0.5, 0.6) is 34.5 Å². The minimum absolute atomic E-state index is 0.00319. The molecule has 6 aliphatic carbocycles. The van der Waals surface area contributed by atoms with Crippen molar-refractivity contribution in [3.63, 3.8) is 0 Å². The highest BCUT2D eigenvalue weighted by atomic mass is 16.8. The van der Waals surface area contributed by atoms with Gasteiger partial charge in [0.25, 0.3) is 0 Å². The van der Waals surface area contributed by atoms with Gasteiger partial charge in [-0.2, -0.15) is 0 Å². The molecule has 3 aromatic carbocycles. The molecule has 4 saturated heterocycles. The normalized spacial score (nSPS) is 39.7. The van der Waals surface area contributed by atoms with Crippen molar-refractivity contribution < 1.29 is 73.4 Å². The van der Waals surface area contributed by atoms with Crippen molar-refractivity contribution in [3.8, 4) is 34.5 Å². The Hall–Kier alpha value is -4.60. The second kappa shape index (κ2) is 17.0. The van der Waals surface area contributed by atoms with Gasteiger partial charge in [0.05, 0.1) is 73.7 Å². The standard InChI is InChI=1S/C20H25NO5.C18H21NO4.C17H19NO4.C2H6O2/c1-21-8-7-18-15-12-3-4-13(23-2)16(15)26-17(18)20(24-9-10-25-20)6-5-19(18,22)14(21)11-12;1-19-8-7-17-14-10-3-4-12(22-2)15(14)23-16(17)11(20)5-6-18(17,21)13(19)9-10;1-18-7-6-16-13-9-2-3-10(19)14(13)22-15(16)11(20)4-5-17(16,21)12(18)8-9;3-1-2-4/h3-4,14,17,22H,5-11H2,1-2H3;3-4,13,16,21H,5-9H2,1-2H3;2-3,12,15,19,21H,4-8H2,1H3;3-4H,1-2H2/t14?,17?,18-,19?;13?,16?,17-,18?;12?,15?,16-,17?;/m000./s1. The fraction of sp³-hybridized carbons (Fsp3) is 0.649. The van der Waals surface area contributed by atoms with Gasteiger partial charge in [-0.15, -0.1) is 0 Å². The van der Waals surface area contributed by atoms with Crippen molar-refractivity contribution in [2.75, 3.05) is 81.4 Å². The topological polar surface area (TPSA) is 230 Å². The Balaban J connectivity index is 0.000000105.